The number of benzene rings is 3. The molecule has 2 heterocycles. The van der Waals surface area contributed by atoms with Crippen LogP contribution in [0.15, 0.2) is 109 Å². The van der Waals surface area contributed by atoms with Gasteiger partial charge in [0, 0.05) is 30.1 Å². The Morgan fingerprint density at radius 1 is 0.895 bits per heavy atom. The maximum Gasteiger partial charge on any atom is 0.295 e. The van der Waals surface area contributed by atoms with Crippen LogP contribution >= 0.6 is 0 Å². The molecule has 190 valence electrons. The van der Waals surface area contributed by atoms with Gasteiger partial charge in [-0.2, -0.15) is 0 Å². The number of carbonyl (C=O) groups excluding carboxylic acids is 2. The van der Waals surface area contributed by atoms with E-state index < -0.39 is 17.7 Å². The second-order valence-electron chi connectivity index (χ2n) is 8.83. The van der Waals surface area contributed by atoms with E-state index in [9.17, 15) is 14.7 Å². The summed E-state index contributed by atoms with van der Waals surface area (Å²) in [6.45, 7) is 0.545. The molecule has 1 fully saturated rings. The van der Waals surface area contributed by atoms with E-state index in [2.05, 4.69) is 4.98 Å². The van der Waals surface area contributed by atoms with Gasteiger partial charge in [-0.15, -0.1) is 0 Å². The largest absolute Gasteiger partial charge is 0.507 e. The number of para-hydroxylation sites is 1. The molecule has 3 aromatic carbocycles. The molecule has 0 bridgehead atoms. The molecule has 1 N–H and O–H groups in total. The minimum absolute atomic E-state index is 0.00124. The van der Waals surface area contributed by atoms with E-state index in [1.54, 1.807) is 60.9 Å². The maximum atomic E-state index is 13.3. The molecule has 4 aromatic rings. The van der Waals surface area contributed by atoms with Crippen LogP contribution in [0.5, 0.6) is 11.5 Å². The number of ether oxygens (including phenoxy) is 2. The number of likely N-dealkylation sites (tertiary alicyclic amines) is 1. The first kappa shape index (κ1) is 24.8. The summed E-state index contributed by atoms with van der Waals surface area (Å²) in [5, 5.41) is 11.4. The number of carbonyl (C=O) groups is 2. The zero-order chi connectivity index (χ0) is 26.5. The average Bonchev–Trinajstić information content (AvgIpc) is 3.21. The molecule has 0 saturated carbocycles. The third-order valence-electron chi connectivity index (χ3n) is 6.43. The highest BCUT2D eigenvalue weighted by atomic mass is 16.5. The van der Waals surface area contributed by atoms with Crippen molar-refractivity contribution in [1.82, 2.24) is 9.88 Å². The molecule has 5 rings (SSSR count). The van der Waals surface area contributed by atoms with Crippen LogP contribution in [0.2, 0.25) is 0 Å². The Kier molecular flexibility index (Phi) is 7.17. The number of hydrogen-bond donors (Lipinski definition) is 1. The molecular weight excluding hydrogens is 480 g/mol. The highest BCUT2D eigenvalue weighted by Gasteiger charge is 2.47. The summed E-state index contributed by atoms with van der Waals surface area (Å²) < 4.78 is 11.4. The minimum atomic E-state index is -0.847. The summed E-state index contributed by atoms with van der Waals surface area (Å²) in [4.78, 5) is 32.2. The number of pyridine rings is 1. The monoisotopic (exact) mass is 506 g/mol. The lowest BCUT2D eigenvalue weighted by molar-refractivity contribution is -0.140. The third-order valence-corrected chi connectivity index (χ3v) is 6.43. The van der Waals surface area contributed by atoms with Crippen molar-refractivity contribution < 1.29 is 24.2 Å². The molecule has 0 spiro atoms. The fourth-order valence-corrected chi connectivity index (χ4v) is 4.55. The van der Waals surface area contributed by atoms with Gasteiger partial charge in [0.1, 0.15) is 23.9 Å². The molecule has 1 aromatic heterocycles. The van der Waals surface area contributed by atoms with Gasteiger partial charge >= 0.3 is 0 Å². The molecule has 1 saturated heterocycles. The van der Waals surface area contributed by atoms with Crippen molar-refractivity contribution in [3.8, 4) is 11.5 Å². The van der Waals surface area contributed by atoms with Gasteiger partial charge in [0.15, 0.2) is 0 Å². The number of hydrogen-bond acceptors (Lipinski definition) is 6. The number of aromatic nitrogens is 1. The van der Waals surface area contributed by atoms with Crippen molar-refractivity contribution in [2.45, 2.75) is 19.2 Å². The maximum absolute atomic E-state index is 13.3. The summed E-state index contributed by atoms with van der Waals surface area (Å²) in [6.07, 6.45) is 3.29. The zero-order valence-electron chi connectivity index (χ0n) is 20.8. The first-order valence-corrected chi connectivity index (χ1v) is 12.1. The average molecular weight is 507 g/mol. The first-order chi connectivity index (χ1) is 18.6. The van der Waals surface area contributed by atoms with Crippen LogP contribution in [0.3, 0.4) is 0 Å². The van der Waals surface area contributed by atoms with Crippen LogP contribution in [-0.2, 0) is 22.7 Å². The standard InChI is InChI=1S/C31H26N2O5/c1-37-26-12-6-5-11-25(26)28-27(30(35)31(36)33(28)19-22-10-7-17-32-18-22)29(34)23-13-15-24(16-14-23)38-20-21-8-3-2-4-9-21/h2-18,28,34H,19-20H2,1H3/b29-27+. The molecule has 1 unspecified atom stereocenters. The summed E-state index contributed by atoms with van der Waals surface area (Å²) >= 11 is 0. The summed E-state index contributed by atoms with van der Waals surface area (Å²) in [7, 11) is 1.53. The predicted molar refractivity (Wildman–Crippen MR) is 142 cm³/mol. The highest BCUT2D eigenvalue weighted by Crippen LogP contribution is 2.43. The molecule has 38 heavy (non-hydrogen) atoms. The van der Waals surface area contributed by atoms with Gasteiger partial charge < -0.3 is 19.5 Å². The third kappa shape index (κ3) is 4.99. The van der Waals surface area contributed by atoms with Crippen LogP contribution in [0.25, 0.3) is 5.76 Å². The van der Waals surface area contributed by atoms with Crippen molar-refractivity contribution in [3.05, 3.63) is 131 Å². The van der Waals surface area contributed by atoms with Crippen molar-refractivity contribution in [3.63, 3.8) is 0 Å². The molecule has 7 heteroatoms. The Bertz CT molecular complexity index is 1470. The number of aliphatic hydroxyl groups excluding tert-OH is 1. The second-order valence-corrected chi connectivity index (χ2v) is 8.83. The smallest absolute Gasteiger partial charge is 0.295 e. The van der Waals surface area contributed by atoms with E-state index in [0.29, 0.717) is 29.2 Å². The fraction of sp³-hybridized carbons (Fsp3) is 0.129. The van der Waals surface area contributed by atoms with E-state index in [4.69, 9.17) is 9.47 Å². The number of Topliss-reactive ketones (excluding diaryl/α,β-unsaturated/α-hetero) is 1. The molecular formula is C31H26N2O5. The topological polar surface area (TPSA) is 89.0 Å². The SMILES string of the molecule is COc1ccccc1C1/C(=C(\O)c2ccc(OCc3ccccc3)cc2)C(=O)C(=O)N1Cc1cccnc1. The number of aliphatic hydroxyl groups is 1. The van der Waals surface area contributed by atoms with Gasteiger partial charge in [-0.05, 0) is 47.5 Å². The van der Waals surface area contributed by atoms with E-state index >= 15 is 0 Å². The van der Waals surface area contributed by atoms with Crippen molar-refractivity contribution in [2.24, 2.45) is 0 Å². The predicted octanol–water partition coefficient (Wildman–Crippen LogP) is 5.29. The van der Waals surface area contributed by atoms with Gasteiger partial charge in [-0.1, -0.05) is 54.6 Å². The van der Waals surface area contributed by atoms with Crippen molar-refractivity contribution >= 4 is 17.4 Å². The molecule has 1 aliphatic heterocycles. The first-order valence-electron chi connectivity index (χ1n) is 12.1. The summed E-state index contributed by atoms with van der Waals surface area (Å²) in [5.74, 6) is -0.599. The Morgan fingerprint density at radius 3 is 2.32 bits per heavy atom. The van der Waals surface area contributed by atoms with Gasteiger partial charge in [0.05, 0.1) is 18.7 Å². The lowest BCUT2D eigenvalue weighted by Crippen LogP contribution is -2.29. The lowest BCUT2D eigenvalue weighted by Gasteiger charge is -2.26. The zero-order valence-corrected chi connectivity index (χ0v) is 20.8. The van der Waals surface area contributed by atoms with E-state index in [1.165, 1.54) is 12.0 Å². The Labute approximate surface area is 220 Å². The minimum Gasteiger partial charge on any atom is -0.507 e. The Balaban J connectivity index is 1.51. The summed E-state index contributed by atoms with van der Waals surface area (Å²) in [5.41, 5.74) is 2.79. The molecule has 1 aliphatic rings. The van der Waals surface area contributed by atoms with Crippen LogP contribution in [-0.4, -0.2) is 33.8 Å². The number of rotatable bonds is 8. The number of methoxy groups -OCH3 is 1. The van der Waals surface area contributed by atoms with E-state index in [0.717, 1.165) is 11.1 Å². The normalized spacial score (nSPS) is 16.4. The van der Waals surface area contributed by atoms with Crippen LogP contribution in [0.4, 0.5) is 0 Å². The molecule has 1 amide bonds. The molecule has 7 nitrogen and oxygen atoms in total. The van der Waals surface area contributed by atoms with Gasteiger partial charge in [0.25, 0.3) is 11.7 Å². The van der Waals surface area contributed by atoms with E-state index in [1.807, 2.05) is 42.5 Å². The quantitative estimate of drug-likeness (QED) is 0.198. The van der Waals surface area contributed by atoms with Crippen molar-refractivity contribution in [1.29, 1.82) is 0 Å². The van der Waals surface area contributed by atoms with Crippen molar-refractivity contribution in [2.75, 3.05) is 7.11 Å². The molecule has 0 radical (unpaired) electrons. The Morgan fingerprint density at radius 2 is 1.61 bits per heavy atom. The number of nitrogens with zero attached hydrogens (tertiary/aromatic N) is 2. The molecule has 1 atom stereocenters. The Hall–Kier alpha value is -4.91. The van der Waals surface area contributed by atoms with Gasteiger partial charge in [-0.25, -0.2) is 0 Å². The van der Waals surface area contributed by atoms with E-state index in [-0.39, 0.29) is 17.9 Å². The van der Waals surface area contributed by atoms with Gasteiger partial charge in [0.2, 0.25) is 0 Å². The number of ketones is 1. The van der Waals surface area contributed by atoms with Crippen LogP contribution < -0.4 is 9.47 Å². The second kappa shape index (κ2) is 11.0. The highest BCUT2D eigenvalue weighted by molar-refractivity contribution is 6.46. The van der Waals surface area contributed by atoms with Crippen LogP contribution in [0.1, 0.15) is 28.3 Å². The van der Waals surface area contributed by atoms with Gasteiger partial charge in [-0.3, -0.25) is 14.6 Å². The fourth-order valence-electron chi connectivity index (χ4n) is 4.55. The summed E-state index contributed by atoms with van der Waals surface area (Å²) in [6, 6.07) is 26.5. The lowest BCUT2D eigenvalue weighted by atomic mass is 9.94. The molecule has 0 aliphatic carbocycles. The number of amides is 1. The van der Waals surface area contributed by atoms with Crippen LogP contribution in [0, 0.1) is 0 Å².